The van der Waals surface area contributed by atoms with Gasteiger partial charge in [0.05, 0.1) is 166 Å². The van der Waals surface area contributed by atoms with Crippen LogP contribution in [0.1, 0.15) is 83.9 Å². The summed E-state index contributed by atoms with van der Waals surface area (Å²) < 4.78 is 59.8. The van der Waals surface area contributed by atoms with Crippen LogP contribution in [0.25, 0.3) is 89.2 Å². The van der Waals surface area contributed by atoms with Gasteiger partial charge in [0, 0.05) is 256 Å². The molecule has 2 aliphatic rings. The molecule has 10 heterocycles. The van der Waals surface area contributed by atoms with E-state index in [0.717, 1.165) is 208 Å². The Morgan fingerprint density at radius 1 is 0.391 bits per heavy atom. The van der Waals surface area contributed by atoms with E-state index in [4.69, 9.17) is 53.1 Å². The second-order valence-corrected chi connectivity index (χ2v) is 34.9. The number of aryl methyl sites for hydroxylation is 5. The minimum Gasteiger partial charge on any atom is -0.497 e. The highest BCUT2D eigenvalue weighted by Crippen LogP contribution is 2.43. The number of benzene rings is 8. The van der Waals surface area contributed by atoms with Gasteiger partial charge in [-0.2, -0.15) is 20.4 Å². The maximum atomic E-state index is 14.1. The molecule has 1 N–H and O–H groups in total. The van der Waals surface area contributed by atoms with E-state index in [9.17, 15) is 4.39 Å². The maximum absolute atomic E-state index is 14.1. The van der Waals surface area contributed by atoms with Crippen LogP contribution in [-0.4, -0.2) is 188 Å². The van der Waals surface area contributed by atoms with Gasteiger partial charge < -0.3 is 58.1 Å². The molecule has 0 unspecified atom stereocenters. The van der Waals surface area contributed by atoms with Crippen molar-refractivity contribution < 1.29 is 37.5 Å². The van der Waals surface area contributed by atoms with Crippen molar-refractivity contribution in [2.45, 2.75) is 116 Å². The van der Waals surface area contributed by atoms with Gasteiger partial charge in [0.15, 0.2) is 0 Å². The number of fused-ring (bicyclic) bond motifs is 4. The number of hydrogen-bond acceptors (Lipinski definition) is 26. The number of rotatable bonds is 30. The van der Waals surface area contributed by atoms with Gasteiger partial charge in [-0.15, -0.1) is 6.58 Å². The van der Waals surface area contributed by atoms with E-state index >= 15 is 0 Å². The first kappa shape index (κ1) is 95.6. The zero-order valence-electron chi connectivity index (χ0n) is 81.0. The van der Waals surface area contributed by atoms with Gasteiger partial charge in [-0.3, -0.25) is 48.5 Å². The number of aromatic nitrogens is 17. The molecule has 1 saturated carbocycles. The van der Waals surface area contributed by atoms with Gasteiger partial charge >= 0.3 is 0 Å². The van der Waals surface area contributed by atoms with Crippen molar-refractivity contribution in [1.29, 1.82) is 0 Å². The zero-order chi connectivity index (χ0) is 96.6. The molecule has 0 bridgehead atoms. The number of nitrogens with one attached hydrogen (secondary N) is 1. The molecule has 0 amide bonds. The summed E-state index contributed by atoms with van der Waals surface area (Å²) in [6, 6.07) is 53.8. The SMILES string of the molecule is C=CCN(c1cc(F)cc(OC)c1)c1ccc2ncc(-c3cnn(C)c3)nc2c1.COc1cc(OC)cc(N(CCCN2[C@H](C)CC[C@@H]2C)c2ccc3ncc(-c4cnn(C)c4)nc3c2)c1.COc1cc(OC)cc(N(Cc2ccc(C)nc2)c2ccc3ncc(-c4cnn(C)c4)nc3c2)c1.COc1cc(OC)cc(N(c2ccc3ncc(-c4cnn(C)c4)nc3c2)C2CCC(NC(C)C)CC2)c1. The molecule has 710 valence electrons. The third kappa shape index (κ3) is 23.2. The van der Waals surface area contributed by atoms with Gasteiger partial charge in [0.25, 0.3) is 0 Å². The van der Waals surface area contributed by atoms with Gasteiger partial charge in [-0.25, -0.2) is 24.3 Å². The molecule has 0 radical (unpaired) electrons. The summed E-state index contributed by atoms with van der Waals surface area (Å²) in [5.41, 5.74) is 23.1. The third-order valence-electron chi connectivity index (χ3n) is 24.8. The van der Waals surface area contributed by atoms with Crippen molar-refractivity contribution in [3.8, 4) is 85.3 Å². The molecule has 1 aliphatic heterocycles. The molecule has 30 nitrogen and oxygen atoms in total. The lowest BCUT2D eigenvalue weighted by atomic mass is 9.89. The fourth-order valence-corrected chi connectivity index (χ4v) is 17.7. The van der Waals surface area contributed by atoms with Crippen LogP contribution in [0.15, 0.2) is 251 Å². The third-order valence-corrected chi connectivity index (χ3v) is 24.8. The second-order valence-electron chi connectivity index (χ2n) is 34.9. The van der Waals surface area contributed by atoms with Gasteiger partial charge in [-0.1, -0.05) is 26.0 Å². The fourth-order valence-electron chi connectivity index (χ4n) is 17.7. The average Bonchev–Trinajstić information content (AvgIpc) is 0.833. The van der Waals surface area contributed by atoms with Crippen molar-refractivity contribution in [1.82, 2.24) is 94.2 Å². The quantitative estimate of drug-likeness (QED) is 0.0409. The summed E-state index contributed by atoms with van der Waals surface area (Å²) in [5, 5.41) is 20.7. The summed E-state index contributed by atoms with van der Waals surface area (Å²) in [6.07, 6.45) is 33.7. The highest BCUT2D eigenvalue weighted by molar-refractivity contribution is 5.87. The molecule has 9 aromatic heterocycles. The standard InChI is InChI=1S/2C29H36N6O2.C27H26N6O2.C22H20FN5O/c1-20-7-8-21(2)34(20)11-6-12-35(24-13-25(36-4)16-26(14-24)37-5)23-9-10-27-28(15-23)32-29(18-30-27)22-17-31-33(3)19-22;1-19(2)32-21-6-8-22(9-7-21)35(24-12-25(36-4)15-26(13-24)37-5)23-10-11-27-28(14-23)33-29(17-30-27)20-16-31-34(3)18-20;1-18-5-6-19(13-28-18)16-33(22-9-23(34-3)12-24(10-22)35-4)21-7-8-25-26(11-21)31-27(15-29-25)20-14-30-32(2)17-20;1-4-7-28(18-8-16(23)9-19(10-18)29-3)17-5-6-20-21(11-17)26-22(13-24-20)15-12-25-27(2)14-15/h9-10,13-21H,6-8,11-12H2,1-5H3;10-19,21-22,32H,6-9H2,1-5H3;5-15,17H,16H2,1-4H3;4-6,8-14H,1,7H2,2-3H3/t20-,21+;;;. The Hall–Kier alpha value is -15.5. The van der Waals surface area contributed by atoms with Crippen LogP contribution in [0.2, 0.25) is 0 Å². The molecule has 1 aliphatic carbocycles. The van der Waals surface area contributed by atoms with E-state index < -0.39 is 0 Å². The van der Waals surface area contributed by atoms with Crippen LogP contribution in [0.3, 0.4) is 0 Å². The minimum absolute atomic E-state index is 0.342. The van der Waals surface area contributed by atoms with Crippen molar-refractivity contribution in [3.05, 3.63) is 268 Å². The van der Waals surface area contributed by atoms with E-state index in [1.165, 1.54) is 32.1 Å². The highest BCUT2D eigenvalue weighted by Gasteiger charge is 2.31. The maximum Gasteiger partial charge on any atom is 0.128 e. The molecule has 1 saturated heterocycles. The van der Waals surface area contributed by atoms with E-state index in [1.807, 2.05) is 169 Å². The number of ether oxygens (including phenoxy) is 7. The largest absolute Gasteiger partial charge is 0.497 e. The second kappa shape index (κ2) is 43.9. The predicted molar refractivity (Wildman–Crippen MR) is 544 cm³/mol. The number of halogens is 1. The summed E-state index contributed by atoms with van der Waals surface area (Å²) in [4.78, 5) is 54.0. The van der Waals surface area contributed by atoms with Crippen LogP contribution in [0, 0.1) is 12.7 Å². The Labute approximate surface area is 803 Å². The smallest absolute Gasteiger partial charge is 0.128 e. The normalized spacial score (nSPS) is 14.6. The van der Waals surface area contributed by atoms with Crippen LogP contribution in [0.5, 0.6) is 40.2 Å². The van der Waals surface area contributed by atoms with Crippen LogP contribution in [-0.2, 0) is 34.7 Å². The molecule has 2 fully saturated rings. The predicted octanol–water partition coefficient (Wildman–Crippen LogP) is 20.5. The molecule has 2 atom stereocenters. The lowest BCUT2D eigenvalue weighted by Crippen LogP contribution is -2.42. The molecule has 138 heavy (non-hydrogen) atoms. The Morgan fingerprint density at radius 3 is 1.12 bits per heavy atom. The molecule has 31 heteroatoms. The number of pyridine rings is 1. The Kier molecular flexibility index (Phi) is 30.4. The van der Waals surface area contributed by atoms with Gasteiger partial charge in [-0.05, 0) is 156 Å². The van der Waals surface area contributed by atoms with E-state index in [2.05, 4.69) is 171 Å². The topological polar surface area (TPSA) is 280 Å². The summed E-state index contributed by atoms with van der Waals surface area (Å²) in [5.74, 6) is 4.59. The van der Waals surface area contributed by atoms with Crippen molar-refractivity contribution in [2.24, 2.45) is 28.2 Å². The van der Waals surface area contributed by atoms with Crippen molar-refractivity contribution in [2.75, 3.05) is 89.0 Å². The number of anilines is 8. The summed E-state index contributed by atoms with van der Waals surface area (Å²) >= 11 is 0. The molecule has 19 rings (SSSR count). The monoisotopic (exact) mass is 1860 g/mol. The highest BCUT2D eigenvalue weighted by atomic mass is 19.1. The minimum atomic E-state index is -0.368. The van der Waals surface area contributed by atoms with Crippen molar-refractivity contribution >= 4 is 89.6 Å². The van der Waals surface area contributed by atoms with E-state index in [1.54, 1.807) is 98.3 Å². The number of methoxy groups -OCH3 is 7. The first-order valence-electron chi connectivity index (χ1n) is 46.2. The van der Waals surface area contributed by atoms with Gasteiger partial charge in [0.1, 0.15) is 46.1 Å². The number of nitrogens with zero attached hydrogens (tertiary/aromatic N) is 22. The summed E-state index contributed by atoms with van der Waals surface area (Å²) in [6.45, 7) is 18.0. The molecule has 8 aromatic carbocycles. The number of hydrogen-bond donors (Lipinski definition) is 1. The number of likely N-dealkylation sites (tertiary alicyclic amines) is 1. The Balaban J connectivity index is 0.000000134. The molecule has 17 aromatic rings. The van der Waals surface area contributed by atoms with E-state index in [0.29, 0.717) is 66.2 Å². The lowest BCUT2D eigenvalue weighted by Gasteiger charge is -2.39. The van der Waals surface area contributed by atoms with Crippen LogP contribution >= 0.6 is 0 Å². The molecular weight excluding hydrogens is 1740 g/mol. The summed E-state index contributed by atoms with van der Waals surface area (Å²) in [7, 11) is 19.1. The first-order chi connectivity index (χ1) is 67.0. The van der Waals surface area contributed by atoms with Crippen LogP contribution < -0.4 is 58.1 Å². The average molecular weight is 1860 g/mol. The zero-order valence-corrected chi connectivity index (χ0v) is 81.0. The first-order valence-corrected chi connectivity index (χ1v) is 46.2. The Bertz CT molecular complexity index is 6980. The van der Waals surface area contributed by atoms with E-state index in [-0.39, 0.29) is 5.82 Å². The molecule has 0 spiro atoms. The van der Waals surface area contributed by atoms with Crippen LogP contribution in [0.4, 0.5) is 49.9 Å². The van der Waals surface area contributed by atoms with Gasteiger partial charge in [0.2, 0.25) is 0 Å². The lowest BCUT2D eigenvalue weighted by molar-refractivity contribution is 0.213. The Morgan fingerprint density at radius 2 is 0.754 bits per heavy atom. The molecular formula is C107H118FN23O7. The fraction of sp³-hybridized carbons (Fsp3) is 0.299. The van der Waals surface area contributed by atoms with Crippen molar-refractivity contribution in [3.63, 3.8) is 0 Å².